The van der Waals surface area contributed by atoms with Crippen molar-refractivity contribution < 1.29 is 9.53 Å². The third kappa shape index (κ3) is 5.50. The van der Waals surface area contributed by atoms with Crippen LogP contribution in [0.2, 0.25) is 0 Å². The molecule has 0 bridgehead atoms. The number of aromatic nitrogens is 1. The summed E-state index contributed by atoms with van der Waals surface area (Å²) in [6.45, 7) is 5.22. The molecule has 0 aliphatic carbocycles. The van der Waals surface area contributed by atoms with Gasteiger partial charge in [-0.1, -0.05) is 43.3 Å². The van der Waals surface area contributed by atoms with Crippen LogP contribution in [-0.4, -0.2) is 34.9 Å². The van der Waals surface area contributed by atoms with Crippen LogP contribution in [0.25, 0.3) is 0 Å². The van der Waals surface area contributed by atoms with Gasteiger partial charge in [-0.25, -0.2) is 0 Å². The van der Waals surface area contributed by atoms with Crippen LogP contribution < -0.4 is 10.1 Å². The molecule has 1 aromatic heterocycles. The fraction of sp³-hybridized carbons (Fsp3) is 0.308. The molecular weight excluding hydrogens is 386 g/mol. The normalized spacial score (nSPS) is 14.5. The third-order valence-electron chi connectivity index (χ3n) is 5.87. The lowest BCUT2D eigenvalue weighted by Gasteiger charge is -2.35. The molecule has 2 heterocycles. The summed E-state index contributed by atoms with van der Waals surface area (Å²) in [6, 6.07) is 20.2. The van der Waals surface area contributed by atoms with E-state index in [-0.39, 0.29) is 5.91 Å². The summed E-state index contributed by atoms with van der Waals surface area (Å²) in [5, 5.41) is 3.13. The van der Waals surface area contributed by atoms with Gasteiger partial charge in [-0.15, -0.1) is 0 Å². The van der Waals surface area contributed by atoms with Gasteiger partial charge in [0.1, 0.15) is 12.4 Å². The van der Waals surface area contributed by atoms with E-state index in [2.05, 4.69) is 46.4 Å². The van der Waals surface area contributed by atoms with Crippen molar-refractivity contribution in [2.45, 2.75) is 39.0 Å². The van der Waals surface area contributed by atoms with E-state index >= 15 is 0 Å². The largest absolute Gasteiger partial charge is 0.489 e. The van der Waals surface area contributed by atoms with Crippen molar-refractivity contribution >= 4 is 5.91 Å². The lowest BCUT2D eigenvalue weighted by Crippen LogP contribution is -2.45. The van der Waals surface area contributed by atoms with Gasteiger partial charge in [-0.2, -0.15) is 0 Å². The molecule has 31 heavy (non-hydrogen) atoms. The molecule has 0 spiro atoms. The van der Waals surface area contributed by atoms with Crippen molar-refractivity contribution in [3.05, 3.63) is 95.3 Å². The summed E-state index contributed by atoms with van der Waals surface area (Å²) in [6.07, 6.45) is 5.58. The zero-order valence-corrected chi connectivity index (χ0v) is 18.0. The molecule has 2 aromatic carbocycles. The third-order valence-corrected chi connectivity index (χ3v) is 5.87. The Morgan fingerprint density at radius 2 is 2.00 bits per heavy atom. The smallest absolute Gasteiger partial charge is 0.251 e. The van der Waals surface area contributed by atoms with E-state index in [1.165, 1.54) is 11.1 Å². The van der Waals surface area contributed by atoms with E-state index in [4.69, 9.17) is 4.74 Å². The summed E-state index contributed by atoms with van der Waals surface area (Å²) in [5.41, 5.74) is 4.45. The standard InChI is InChI=1S/C26H29N3O2/c1-2-24(29-14-12-21-8-3-4-9-23(21)18-29)17-28-26(30)22-10-5-11-25(15-22)31-19-20-7-6-13-27-16-20/h3-11,13,15-16,24H,2,12,14,17-19H2,1H3,(H,28,30). The van der Waals surface area contributed by atoms with Gasteiger partial charge in [0, 0.05) is 49.2 Å². The van der Waals surface area contributed by atoms with E-state index in [1.54, 1.807) is 18.5 Å². The number of benzene rings is 2. The van der Waals surface area contributed by atoms with Crippen molar-refractivity contribution in [2.24, 2.45) is 0 Å². The predicted molar refractivity (Wildman–Crippen MR) is 122 cm³/mol. The molecule has 1 atom stereocenters. The zero-order valence-electron chi connectivity index (χ0n) is 18.0. The minimum absolute atomic E-state index is 0.0670. The van der Waals surface area contributed by atoms with Crippen molar-refractivity contribution in [1.82, 2.24) is 15.2 Å². The maximum atomic E-state index is 12.8. The Kier molecular flexibility index (Phi) is 6.95. The fourth-order valence-electron chi connectivity index (χ4n) is 4.05. The lowest BCUT2D eigenvalue weighted by molar-refractivity contribution is 0.0925. The summed E-state index contributed by atoms with van der Waals surface area (Å²) < 4.78 is 5.83. The molecule has 1 N–H and O–H groups in total. The fourth-order valence-corrected chi connectivity index (χ4v) is 4.05. The highest BCUT2D eigenvalue weighted by atomic mass is 16.5. The molecule has 0 saturated carbocycles. The number of hydrogen-bond acceptors (Lipinski definition) is 4. The van der Waals surface area contributed by atoms with Gasteiger partial charge >= 0.3 is 0 Å². The first-order valence-corrected chi connectivity index (χ1v) is 10.9. The van der Waals surface area contributed by atoms with Gasteiger partial charge in [0.05, 0.1) is 0 Å². The van der Waals surface area contributed by atoms with Gasteiger partial charge < -0.3 is 10.1 Å². The number of rotatable bonds is 8. The zero-order chi connectivity index (χ0) is 21.5. The first kappa shape index (κ1) is 21.1. The topological polar surface area (TPSA) is 54.5 Å². The van der Waals surface area contributed by atoms with Gasteiger partial charge in [-0.3, -0.25) is 14.7 Å². The van der Waals surface area contributed by atoms with Crippen LogP contribution in [0.15, 0.2) is 73.1 Å². The number of amides is 1. The Hall–Kier alpha value is -3.18. The number of ether oxygens (including phenoxy) is 1. The second-order valence-electron chi connectivity index (χ2n) is 7.94. The number of carbonyl (C=O) groups excluding carboxylic acids is 1. The Morgan fingerprint density at radius 3 is 2.81 bits per heavy atom. The molecule has 1 aliphatic heterocycles. The van der Waals surface area contributed by atoms with E-state index in [0.717, 1.165) is 31.5 Å². The first-order chi connectivity index (χ1) is 15.2. The van der Waals surface area contributed by atoms with Crippen molar-refractivity contribution in [2.75, 3.05) is 13.1 Å². The van der Waals surface area contributed by atoms with Crippen LogP contribution >= 0.6 is 0 Å². The van der Waals surface area contributed by atoms with Crippen LogP contribution in [0.3, 0.4) is 0 Å². The second kappa shape index (κ2) is 10.2. The number of carbonyl (C=O) groups is 1. The molecule has 0 fully saturated rings. The predicted octanol–water partition coefficient (Wildman–Crippen LogP) is 4.23. The highest BCUT2D eigenvalue weighted by molar-refractivity contribution is 5.94. The average Bonchev–Trinajstić information content (AvgIpc) is 2.83. The molecule has 0 radical (unpaired) electrons. The summed E-state index contributed by atoms with van der Waals surface area (Å²) in [4.78, 5) is 19.4. The Balaban J connectivity index is 1.32. The van der Waals surface area contributed by atoms with Crippen LogP contribution in [-0.2, 0) is 19.6 Å². The SMILES string of the molecule is CCC(CNC(=O)c1cccc(OCc2cccnc2)c1)N1CCc2ccccc2C1. The van der Waals surface area contributed by atoms with Crippen LogP contribution in [0, 0.1) is 0 Å². The van der Waals surface area contributed by atoms with Gasteiger partial charge in [0.2, 0.25) is 0 Å². The highest BCUT2D eigenvalue weighted by Crippen LogP contribution is 2.21. The summed E-state index contributed by atoms with van der Waals surface area (Å²) in [5.74, 6) is 0.610. The summed E-state index contributed by atoms with van der Waals surface area (Å²) in [7, 11) is 0. The average molecular weight is 416 g/mol. The number of hydrogen-bond donors (Lipinski definition) is 1. The first-order valence-electron chi connectivity index (χ1n) is 10.9. The monoisotopic (exact) mass is 415 g/mol. The minimum atomic E-state index is -0.0670. The molecule has 1 aliphatic rings. The summed E-state index contributed by atoms with van der Waals surface area (Å²) >= 11 is 0. The molecule has 5 nitrogen and oxygen atoms in total. The number of fused-ring (bicyclic) bond motifs is 1. The molecule has 160 valence electrons. The number of nitrogens with one attached hydrogen (secondary N) is 1. The van der Waals surface area contributed by atoms with Crippen LogP contribution in [0.5, 0.6) is 5.75 Å². The molecule has 1 unspecified atom stereocenters. The van der Waals surface area contributed by atoms with Crippen LogP contribution in [0.1, 0.15) is 40.4 Å². The molecule has 3 aromatic rings. The van der Waals surface area contributed by atoms with Crippen molar-refractivity contribution in [3.63, 3.8) is 0 Å². The highest BCUT2D eigenvalue weighted by Gasteiger charge is 2.22. The van der Waals surface area contributed by atoms with Gasteiger partial charge in [-0.05, 0) is 48.2 Å². The van der Waals surface area contributed by atoms with E-state index < -0.39 is 0 Å². The minimum Gasteiger partial charge on any atom is -0.489 e. The maximum absolute atomic E-state index is 12.8. The number of pyridine rings is 1. The molecule has 4 rings (SSSR count). The Morgan fingerprint density at radius 1 is 1.13 bits per heavy atom. The van der Waals surface area contributed by atoms with Crippen molar-refractivity contribution in [1.29, 1.82) is 0 Å². The Labute approximate surface area is 184 Å². The maximum Gasteiger partial charge on any atom is 0.251 e. The molecule has 0 saturated heterocycles. The van der Waals surface area contributed by atoms with E-state index in [1.807, 2.05) is 30.3 Å². The van der Waals surface area contributed by atoms with E-state index in [0.29, 0.717) is 30.5 Å². The molecular formula is C26H29N3O2. The molecule has 1 amide bonds. The number of nitrogens with zero attached hydrogens (tertiary/aromatic N) is 2. The van der Waals surface area contributed by atoms with E-state index in [9.17, 15) is 4.79 Å². The molecule has 5 heteroatoms. The van der Waals surface area contributed by atoms with Gasteiger partial charge in [0.25, 0.3) is 5.91 Å². The quantitative estimate of drug-likeness (QED) is 0.598. The second-order valence-corrected chi connectivity index (χ2v) is 7.94. The van der Waals surface area contributed by atoms with Crippen molar-refractivity contribution in [3.8, 4) is 5.75 Å². The lowest BCUT2D eigenvalue weighted by atomic mass is 9.98. The Bertz CT molecular complexity index is 1010. The van der Waals surface area contributed by atoms with Crippen LogP contribution in [0.4, 0.5) is 0 Å². The van der Waals surface area contributed by atoms with Gasteiger partial charge in [0.15, 0.2) is 0 Å².